The molecule has 0 atom stereocenters. The maximum absolute atomic E-state index is 11.3. The largest absolute Gasteiger partial charge is 0.469 e. The van der Waals surface area contributed by atoms with Gasteiger partial charge in [0.15, 0.2) is 0 Å². The molecule has 1 fully saturated rings. The number of esters is 2. The fourth-order valence-electron chi connectivity index (χ4n) is 2.39. The summed E-state index contributed by atoms with van der Waals surface area (Å²) in [5.74, 6) is -0.752. The first-order valence-electron chi connectivity index (χ1n) is 4.70. The molecule has 14 heavy (non-hydrogen) atoms. The van der Waals surface area contributed by atoms with Crippen LogP contribution in [-0.4, -0.2) is 26.2 Å². The van der Waals surface area contributed by atoms with Crippen molar-refractivity contribution < 1.29 is 19.1 Å². The van der Waals surface area contributed by atoms with Crippen LogP contribution < -0.4 is 0 Å². The summed E-state index contributed by atoms with van der Waals surface area (Å²) in [4.78, 5) is 22.6. The molecule has 0 bridgehead atoms. The molecule has 4 nitrogen and oxygen atoms in total. The predicted molar refractivity (Wildman–Crippen MR) is 49.3 cm³/mol. The highest BCUT2D eigenvalue weighted by Crippen LogP contribution is 2.46. The minimum absolute atomic E-state index is 0.0184. The van der Waals surface area contributed by atoms with Crippen molar-refractivity contribution in [1.29, 1.82) is 0 Å². The van der Waals surface area contributed by atoms with Gasteiger partial charge in [0.25, 0.3) is 0 Å². The summed E-state index contributed by atoms with van der Waals surface area (Å²) in [6, 6.07) is 0. The van der Waals surface area contributed by atoms with E-state index in [1.165, 1.54) is 14.2 Å². The molecule has 1 rings (SSSR count). The van der Waals surface area contributed by atoms with Gasteiger partial charge in [-0.25, -0.2) is 0 Å². The van der Waals surface area contributed by atoms with Gasteiger partial charge in [0, 0.05) is 0 Å². The van der Waals surface area contributed by atoms with Crippen molar-refractivity contribution in [2.24, 2.45) is 23.7 Å². The average Bonchev–Trinajstić information content (AvgIpc) is 2.17. The highest BCUT2D eigenvalue weighted by atomic mass is 16.5. The van der Waals surface area contributed by atoms with Crippen LogP contribution in [0.3, 0.4) is 0 Å². The topological polar surface area (TPSA) is 52.6 Å². The van der Waals surface area contributed by atoms with Gasteiger partial charge in [0.2, 0.25) is 0 Å². The lowest BCUT2D eigenvalue weighted by Gasteiger charge is -2.45. The van der Waals surface area contributed by atoms with E-state index in [0.717, 1.165) is 0 Å². The van der Waals surface area contributed by atoms with Crippen LogP contribution in [0.15, 0.2) is 0 Å². The molecule has 0 radical (unpaired) electrons. The minimum Gasteiger partial charge on any atom is -0.469 e. The Morgan fingerprint density at radius 3 is 1.36 bits per heavy atom. The summed E-state index contributed by atoms with van der Waals surface area (Å²) in [6.45, 7) is 3.76. The SMILES string of the molecule is COC(=O)C1C(C)C(C(=O)OC)C1C. The molecule has 0 aromatic rings. The second-order valence-electron chi connectivity index (χ2n) is 3.82. The van der Waals surface area contributed by atoms with Gasteiger partial charge in [-0.05, 0) is 11.8 Å². The van der Waals surface area contributed by atoms with Crippen molar-refractivity contribution in [3.63, 3.8) is 0 Å². The molecular formula is C10H16O4. The van der Waals surface area contributed by atoms with Gasteiger partial charge in [0.05, 0.1) is 26.1 Å². The third kappa shape index (κ3) is 1.49. The fourth-order valence-corrected chi connectivity index (χ4v) is 2.39. The highest BCUT2D eigenvalue weighted by Gasteiger charge is 2.53. The second kappa shape index (κ2) is 3.98. The molecule has 80 valence electrons. The summed E-state index contributed by atoms with van der Waals surface area (Å²) >= 11 is 0. The molecule has 0 saturated heterocycles. The Balaban J connectivity index is 2.65. The molecule has 0 aromatic carbocycles. The number of hydrogen-bond donors (Lipinski definition) is 0. The number of hydrogen-bond acceptors (Lipinski definition) is 4. The lowest BCUT2D eigenvalue weighted by atomic mass is 9.58. The number of rotatable bonds is 2. The minimum atomic E-state index is -0.231. The van der Waals surface area contributed by atoms with E-state index in [4.69, 9.17) is 0 Å². The van der Waals surface area contributed by atoms with E-state index in [0.29, 0.717) is 0 Å². The molecule has 0 aromatic heterocycles. The Morgan fingerprint density at radius 1 is 0.857 bits per heavy atom. The van der Waals surface area contributed by atoms with Crippen LogP contribution >= 0.6 is 0 Å². The molecule has 1 aliphatic rings. The van der Waals surface area contributed by atoms with Crippen LogP contribution in [0.2, 0.25) is 0 Å². The first-order valence-corrected chi connectivity index (χ1v) is 4.70. The summed E-state index contributed by atoms with van der Waals surface area (Å²) in [6.07, 6.45) is 0. The van der Waals surface area contributed by atoms with Gasteiger partial charge in [0.1, 0.15) is 0 Å². The molecule has 0 heterocycles. The van der Waals surface area contributed by atoms with Crippen LogP contribution in [0.25, 0.3) is 0 Å². The predicted octanol–water partition coefficient (Wildman–Crippen LogP) is 0.851. The van der Waals surface area contributed by atoms with E-state index in [9.17, 15) is 9.59 Å². The van der Waals surface area contributed by atoms with E-state index >= 15 is 0 Å². The molecule has 1 aliphatic carbocycles. The van der Waals surface area contributed by atoms with Crippen molar-refractivity contribution in [2.45, 2.75) is 13.8 Å². The van der Waals surface area contributed by atoms with Crippen molar-refractivity contribution in [3.05, 3.63) is 0 Å². The Hall–Kier alpha value is -1.06. The normalized spacial score (nSPS) is 35.7. The standard InChI is InChI=1S/C10H16O4/c1-5-7(9(11)13-3)6(2)8(5)10(12)14-4/h5-8H,1-4H3. The van der Waals surface area contributed by atoms with Crippen molar-refractivity contribution in [2.75, 3.05) is 14.2 Å². The maximum atomic E-state index is 11.3. The van der Waals surface area contributed by atoms with Crippen molar-refractivity contribution >= 4 is 11.9 Å². The number of carbonyl (C=O) groups is 2. The third-order valence-electron chi connectivity index (χ3n) is 3.21. The van der Waals surface area contributed by atoms with Crippen LogP contribution in [0.1, 0.15) is 13.8 Å². The van der Waals surface area contributed by atoms with Crippen LogP contribution in [0, 0.1) is 23.7 Å². The summed E-state index contributed by atoms with van der Waals surface area (Å²) in [5.41, 5.74) is 0. The zero-order valence-corrected chi connectivity index (χ0v) is 8.94. The first-order chi connectivity index (χ1) is 6.54. The smallest absolute Gasteiger partial charge is 0.309 e. The monoisotopic (exact) mass is 200 g/mol. The van der Waals surface area contributed by atoms with Crippen molar-refractivity contribution in [3.8, 4) is 0 Å². The quantitative estimate of drug-likeness (QED) is 0.620. The summed E-state index contributed by atoms with van der Waals surface area (Å²) in [5, 5.41) is 0. The highest BCUT2D eigenvalue weighted by molar-refractivity contribution is 5.81. The van der Waals surface area contributed by atoms with E-state index in [1.54, 1.807) is 0 Å². The third-order valence-corrected chi connectivity index (χ3v) is 3.21. The van der Waals surface area contributed by atoms with Crippen LogP contribution in [0.4, 0.5) is 0 Å². The number of carbonyl (C=O) groups excluding carboxylic acids is 2. The lowest BCUT2D eigenvalue weighted by molar-refractivity contribution is -0.173. The number of methoxy groups -OCH3 is 2. The zero-order valence-electron chi connectivity index (χ0n) is 8.94. The molecule has 0 unspecified atom stereocenters. The van der Waals surface area contributed by atoms with Crippen LogP contribution in [0.5, 0.6) is 0 Å². The fraction of sp³-hybridized carbons (Fsp3) is 0.800. The molecule has 0 amide bonds. The lowest BCUT2D eigenvalue weighted by Crippen LogP contribution is -2.52. The summed E-state index contributed by atoms with van der Waals surface area (Å²) < 4.78 is 9.33. The van der Waals surface area contributed by atoms with Gasteiger partial charge in [-0.1, -0.05) is 13.8 Å². The van der Waals surface area contributed by atoms with Crippen molar-refractivity contribution in [1.82, 2.24) is 0 Å². The van der Waals surface area contributed by atoms with E-state index < -0.39 is 0 Å². The Kier molecular flexibility index (Phi) is 3.13. The van der Waals surface area contributed by atoms with E-state index in [-0.39, 0.29) is 35.6 Å². The first kappa shape index (κ1) is 11.0. The Bertz CT molecular complexity index is 215. The Morgan fingerprint density at radius 2 is 1.14 bits per heavy atom. The zero-order chi connectivity index (χ0) is 10.9. The second-order valence-corrected chi connectivity index (χ2v) is 3.82. The molecule has 4 heteroatoms. The van der Waals surface area contributed by atoms with Gasteiger partial charge in [-0.15, -0.1) is 0 Å². The number of ether oxygens (including phenoxy) is 2. The van der Waals surface area contributed by atoms with Crippen LogP contribution in [-0.2, 0) is 19.1 Å². The van der Waals surface area contributed by atoms with Gasteiger partial charge >= 0.3 is 11.9 Å². The molecule has 0 spiro atoms. The van der Waals surface area contributed by atoms with Gasteiger partial charge in [-0.3, -0.25) is 9.59 Å². The molecule has 1 saturated carbocycles. The molecular weight excluding hydrogens is 184 g/mol. The van der Waals surface area contributed by atoms with Gasteiger partial charge in [-0.2, -0.15) is 0 Å². The summed E-state index contributed by atoms with van der Waals surface area (Å²) in [7, 11) is 2.74. The Labute approximate surface area is 83.6 Å². The molecule has 0 N–H and O–H groups in total. The average molecular weight is 200 g/mol. The maximum Gasteiger partial charge on any atom is 0.309 e. The molecule has 0 aliphatic heterocycles. The van der Waals surface area contributed by atoms with E-state index in [1.807, 2.05) is 13.8 Å². The van der Waals surface area contributed by atoms with E-state index in [2.05, 4.69) is 9.47 Å². The van der Waals surface area contributed by atoms with Gasteiger partial charge < -0.3 is 9.47 Å².